The average molecular weight is 429 g/mol. The molecule has 0 atom stereocenters. The Morgan fingerprint density at radius 3 is 1.39 bits per heavy atom. The number of aromatic hydroxyl groups is 2. The molecule has 2 aromatic carbocycles. The van der Waals surface area contributed by atoms with Crippen LogP contribution in [0.2, 0.25) is 0 Å². The van der Waals surface area contributed by atoms with Gasteiger partial charge in [0.05, 0.1) is 22.9 Å². The van der Waals surface area contributed by atoms with Gasteiger partial charge in [0.2, 0.25) is 20.0 Å². The molecular formula is C18H24N2O6S2. The van der Waals surface area contributed by atoms with Crippen molar-refractivity contribution in [2.75, 3.05) is 20.9 Å². The van der Waals surface area contributed by atoms with E-state index in [0.717, 1.165) is 0 Å². The van der Waals surface area contributed by atoms with Crippen LogP contribution < -0.4 is 9.44 Å². The number of hydrogen-bond acceptors (Lipinski definition) is 6. The van der Waals surface area contributed by atoms with Crippen LogP contribution in [0.1, 0.15) is 25.7 Å². The maximum atomic E-state index is 12.0. The second-order valence-electron chi connectivity index (χ2n) is 6.36. The molecule has 8 nitrogen and oxygen atoms in total. The number of sulfonamides is 2. The van der Waals surface area contributed by atoms with Gasteiger partial charge in [0, 0.05) is 12.1 Å². The molecule has 2 rings (SSSR count). The molecule has 0 aliphatic heterocycles. The van der Waals surface area contributed by atoms with E-state index in [4.69, 9.17) is 0 Å². The van der Waals surface area contributed by atoms with E-state index >= 15 is 0 Å². The smallest absolute Gasteiger partial charge is 0.232 e. The molecule has 0 bridgehead atoms. The highest BCUT2D eigenvalue weighted by atomic mass is 32.2. The average Bonchev–Trinajstić information content (AvgIpc) is 2.57. The molecule has 0 saturated carbocycles. The number of benzene rings is 2. The van der Waals surface area contributed by atoms with Crippen molar-refractivity contribution in [2.24, 2.45) is 0 Å². The summed E-state index contributed by atoms with van der Waals surface area (Å²) >= 11 is 0. The zero-order valence-corrected chi connectivity index (χ0v) is 16.8. The summed E-state index contributed by atoms with van der Waals surface area (Å²) in [6, 6.07) is 11.7. The molecule has 0 amide bonds. The van der Waals surface area contributed by atoms with E-state index in [1.54, 1.807) is 24.3 Å². The summed E-state index contributed by atoms with van der Waals surface area (Å²) in [6.45, 7) is 0. The molecule has 0 heterocycles. The van der Waals surface area contributed by atoms with Crippen LogP contribution in [0.15, 0.2) is 48.5 Å². The van der Waals surface area contributed by atoms with Gasteiger partial charge >= 0.3 is 0 Å². The molecule has 2 aromatic rings. The molecule has 28 heavy (non-hydrogen) atoms. The van der Waals surface area contributed by atoms with E-state index < -0.39 is 20.0 Å². The minimum absolute atomic E-state index is 0.0271. The Balaban J connectivity index is 1.68. The third kappa shape index (κ3) is 8.05. The third-order valence-corrected chi connectivity index (χ3v) is 6.56. The van der Waals surface area contributed by atoms with E-state index in [0.29, 0.717) is 37.1 Å². The highest BCUT2D eigenvalue weighted by Gasteiger charge is 2.12. The van der Waals surface area contributed by atoms with Gasteiger partial charge in [-0.05, 0) is 37.1 Å². The third-order valence-electron chi connectivity index (χ3n) is 3.82. The Hall–Kier alpha value is -2.46. The Morgan fingerprint density at radius 2 is 1.04 bits per heavy atom. The van der Waals surface area contributed by atoms with Gasteiger partial charge in [0.25, 0.3) is 0 Å². The van der Waals surface area contributed by atoms with Gasteiger partial charge in [0.15, 0.2) is 0 Å². The van der Waals surface area contributed by atoms with Crippen molar-refractivity contribution in [3.8, 4) is 11.5 Å². The predicted octanol–water partition coefficient (Wildman–Crippen LogP) is 2.84. The van der Waals surface area contributed by atoms with Crippen molar-refractivity contribution in [2.45, 2.75) is 25.7 Å². The molecule has 0 unspecified atom stereocenters. The molecule has 4 N–H and O–H groups in total. The molecule has 154 valence electrons. The van der Waals surface area contributed by atoms with Gasteiger partial charge in [-0.15, -0.1) is 0 Å². The van der Waals surface area contributed by atoms with Crippen molar-refractivity contribution >= 4 is 31.4 Å². The zero-order chi connectivity index (χ0) is 20.6. The van der Waals surface area contributed by atoms with E-state index in [2.05, 4.69) is 9.44 Å². The summed E-state index contributed by atoms with van der Waals surface area (Å²) < 4.78 is 52.8. The van der Waals surface area contributed by atoms with Gasteiger partial charge in [-0.25, -0.2) is 16.8 Å². The number of phenolic OH excluding ortho intramolecular Hbond substituents is 2. The topological polar surface area (TPSA) is 133 Å². The first-order valence-corrected chi connectivity index (χ1v) is 12.0. The standard InChI is InChI=1S/C18H24N2O6S2/c21-17-9-5-7-15(13-17)19-27(23,24)11-3-1-2-4-12-28(25,26)20-16-8-6-10-18(22)14-16/h5-10,13-14,19-22H,1-4,11-12H2. The SMILES string of the molecule is O=S(=O)(CCCCCCS(=O)(=O)Nc1cccc(O)c1)Nc1cccc(O)c1. The number of hydrogen-bond donors (Lipinski definition) is 4. The molecule has 10 heteroatoms. The second-order valence-corrected chi connectivity index (χ2v) is 10.0. The van der Waals surface area contributed by atoms with E-state index in [-0.39, 0.29) is 23.0 Å². The molecule has 0 saturated heterocycles. The zero-order valence-electron chi connectivity index (χ0n) is 15.2. The largest absolute Gasteiger partial charge is 0.508 e. The molecule has 0 aliphatic rings. The monoisotopic (exact) mass is 428 g/mol. The van der Waals surface area contributed by atoms with Crippen LogP contribution in [-0.2, 0) is 20.0 Å². The molecular weight excluding hydrogens is 404 g/mol. The van der Waals surface area contributed by atoms with Crippen LogP contribution in [0.25, 0.3) is 0 Å². The number of unbranched alkanes of at least 4 members (excludes halogenated alkanes) is 3. The highest BCUT2D eigenvalue weighted by Crippen LogP contribution is 2.18. The summed E-state index contributed by atoms with van der Waals surface area (Å²) in [6.07, 6.45) is 1.94. The fourth-order valence-electron chi connectivity index (χ4n) is 2.54. The summed E-state index contributed by atoms with van der Waals surface area (Å²) in [7, 11) is -7.05. The number of anilines is 2. The van der Waals surface area contributed by atoms with Gasteiger partial charge in [-0.3, -0.25) is 9.44 Å². The first-order chi connectivity index (χ1) is 13.2. The predicted molar refractivity (Wildman–Crippen MR) is 110 cm³/mol. The van der Waals surface area contributed by atoms with Gasteiger partial charge in [-0.1, -0.05) is 25.0 Å². The number of rotatable bonds is 11. The van der Waals surface area contributed by atoms with E-state index in [1.165, 1.54) is 24.3 Å². The maximum absolute atomic E-state index is 12.0. The molecule has 0 radical (unpaired) electrons. The quantitative estimate of drug-likeness (QED) is 0.407. The van der Waals surface area contributed by atoms with Crippen LogP contribution >= 0.6 is 0 Å². The minimum atomic E-state index is -3.53. The summed E-state index contributed by atoms with van der Waals surface area (Å²) in [5.41, 5.74) is 0.591. The van der Waals surface area contributed by atoms with Crippen molar-refractivity contribution in [3.63, 3.8) is 0 Å². The van der Waals surface area contributed by atoms with Crippen molar-refractivity contribution in [1.82, 2.24) is 0 Å². The van der Waals surface area contributed by atoms with Crippen LogP contribution in [0.3, 0.4) is 0 Å². The Morgan fingerprint density at radius 1 is 0.643 bits per heavy atom. The van der Waals surface area contributed by atoms with Crippen LogP contribution in [0.4, 0.5) is 11.4 Å². The lowest BCUT2D eigenvalue weighted by molar-refractivity contribution is 0.475. The lowest BCUT2D eigenvalue weighted by Gasteiger charge is -2.09. The molecule has 0 aromatic heterocycles. The number of nitrogens with one attached hydrogen (secondary N) is 2. The van der Waals surface area contributed by atoms with Crippen molar-refractivity contribution < 1.29 is 27.0 Å². The normalized spacial score (nSPS) is 11.9. The summed E-state index contributed by atoms with van der Waals surface area (Å²) in [5, 5.41) is 18.7. The van der Waals surface area contributed by atoms with Crippen molar-refractivity contribution in [3.05, 3.63) is 48.5 Å². The highest BCUT2D eigenvalue weighted by molar-refractivity contribution is 7.92. The minimum Gasteiger partial charge on any atom is -0.508 e. The lowest BCUT2D eigenvalue weighted by Crippen LogP contribution is -2.17. The van der Waals surface area contributed by atoms with Crippen molar-refractivity contribution in [1.29, 1.82) is 0 Å². The van der Waals surface area contributed by atoms with E-state index in [9.17, 15) is 27.0 Å². The Kier molecular flexibility index (Phi) is 7.53. The van der Waals surface area contributed by atoms with Crippen LogP contribution in [0, 0.1) is 0 Å². The fourth-order valence-corrected chi connectivity index (χ4v) is 4.88. The maximum Gasteiger partial charge on any atom is 0.232 e. The summed E-state index contributed by atoms with van der Waals surface area (Å²) in [4.78, 5) is 0. The molecule has 0 aliphatic carbocycles. The molecule has 0 spiro atoms. The van der Waals surface area contributed by atoms with Gasteiger partial charge < -0.3 is 10.2 Å². The van der Waals surface area contributed by atoms with E-state index in [1.807, 2.05) is 0 Å². The second kappa shape index (κ2) is 9.65. The van der Waals surface area contributed by atoms with Crippen LogP contribution in [0.5, 0.6) is 11.5 Å². The first-order valence-electron chi connectivity index (χ1n) is 8.74. The Labute approximate surface area is 165 Å². The summed E-state index contributed by atoms with van der Waals surface area (Å²) in [5.74, 6) is -0.227. The lowest BCUT2D eigenvalue weighted by atomic mass is 10.2. The van der Waals surface area contributed by atoms with Crippen LogP contribution in [-0.4, -0.2) is 38.6 Å². The Bertz CT molecular complexity index is 909. The van der Waals surface area contributed by atoms with Gasteiger partial charge in [0.1, 0.15) is 11.5 Å². The molecule has 0 fully saturated rings. The number of phenols is 2. The first kappa shape index (κ1) is 21.8. The van der Waals surface area contributed by atoms with Gasteiger partial charge in [-0.2, -0.15) is 0 Å². The fraction of sp³-hybridized carbons (Fsp3) is 0.333.